The third-order valence-electron chi connectivity index (χ3n) is 3.21. The van der Waals surface area contributed by atoms with Gasteiger partial charge in [0.25, 0.3) is 0 Å². The first-order valence-corrected chi connectivity index (χ1v) is 7.12. The zero-order valence-corrected chi connectivity index (χ0v) is 11.8. The van der Waals surface area contributed by atoms with E-state index in [1.165, 1.54) is 10.1 Å². The summed E-state index contributed by atoms with van der Waals surface area (Å²) in [4.78, 5) is 0. The number of rotatable bonds is 3. The quantitative estimate of drug-likeness (QED) is 0.767. The molecule has 0 aliphatic heterocycles. The number of hydrogen-bond donors (Lipinski definition) is 2. The van der Waals surface area contributed by atoms with Gasteiger partial charge in [-0.05, 0) is 41.5 Å². The van der Waals surface area contributed by atoms with Crippen LogP contribution >= 0.6 is 11.3 Å². The largest absolute Gasteiger partial charge is 0.394 e. The van der Waals surface area contributed by atoms with Crippen molar-refractivity contribution in [3.8, 4) is 0 Å². The summed E-state index contributed by atoms with van der Waals surface area (Å²) in [7, 11) is 1.90. The maximum atomic E-state index is 6.11. The summed E-state index contributed by atoms with van der Waals surface area (Å²) in [5, 5.41) is 11.1. The minimum atomic E-state index is 0.732. The molecule has 0 saturated carbocycles. The molecule has 2 heterocycles. The van der Waals surface area contributed by atoms with Gasteiger partial charge in [0.15, 0.2) is 5.82 Å². The summed E-state index contributed by atoms with van der Waals surface area (Å²) in [6.07, 6.45) is 0.838. The van der Waals surface area contributed by atoms with Crippen molar-refractivity contribution in [3.63, 3.8) is 0 Å². The van der Waals surface area contributed by atoms with Gasteiger partial charge >= 0.3 is 0 Å². The van der Waals surface area contributed by atoms with Crippen LogP contribution in [0, 0.1) is 0 Å². The van der Waals surface area contributed by atoms with Crippen LogP contribution in [0.2, 0.25) is 0 Å². The zero-order chi connectivity index (χ0) is 13.4. The zero-order valence-electron chi connectivity index (χ0n) is 11.0. The second kappa shape index (κ2) is 4.59. The van der Waals surface area contributed by atoms with Crippen LogP contribution in [0.3, 0.4) is 0 Å². The molecule has 19 heavy (non-hydrogen) atoms. The Morgan fingerprint density at radius 1 is 1.37 bits per heavy atom. The number of nitrogens with one attached hydrogen (secondary N) is 1. The van der Waals surface area contributed by atoms with Gasteiger partial charge in [-0.3, -0.25) is 4.68 Å². The molecule has 0 spiro atoms. The number of thiophene rings is 1. The first kappa shape index (κ1) is 12.0. The standard InChI is InChI=1S/C14H16N4S/c1-3-11-13(15)14(18(2)17-11)16-10-4-5-12-9(8-10)6-7-19-12/h4-8,16H,3,15H2,1-2H3. The molecule has 0 fully saturated rings. The molecule has 0 atom stereocenters. The Morgan fingerprint density at radius 2 is 2.21 bits per heavy atom. The summed E-state index contributed by atoms with van der Waals surface area (Å²) in [5.41, 5.74) is 8.81. The van der Waals surface area contributed by atoms with E-state index in [9.17, 15) is 0 Å². The molecule has 3 aromatic rings. The number of nitrogens with two attached hydrogens (primary N) is 1. The van der Waals surface area contributed by atoms with E-state index in [2.05, 4.69) is 47.0 Å². The highest BCUT2D eigenvalue weighted by Gasteiger charge is 2.12. The van der Waals surface area contributed by atoms with Crippen molar-refractivity contribution >= 4 is 38.6 Å². The number of aryl methyl sites for hydroxylation is 2. The average molecular weight is 272 g/mol. The third-order valence-corrected chi connectivity index (χ3v) is 4.11. The molecule has 98 valence electrons. The Balaban J connectivity index is 1.98. The number of aromatic nitrogens is 2. The highest BCUT2D eigenvalue weighted by molar-refractivity contribution is 7.17. The molecule has 1 aromatic carbocycles. The van der Waals surface area contributed by atoms with Gasteiger partial charge in [-0.2, -0.15) is 5.10 Å². The molecule has 0 amide bonds. The average Bonchev–Trinajstić information content (AvgIpc) is 2.97. The number of fused-ring (bicyclic) bond motifs is 1. The van der Waals surface area contributed by atoms with Crippen LogP contribution < -0.4 is 11.1 Å². The summed E-state index contributed by atoms with van der Waals surface area (Å²) < 4.78 is 3.09. The van der Waals surface area contributed by atoms with E-state index in [4.69, 9.17) is 5.73 Å². The maximum Gasteiger partial charge on any atom is 0.152 e. The number of benzene rings is 1. The minimum absolute atomic E-state index is 0.732. The van der Waals surface area contributed by atoms with Crippen molar-refractivity contribution in [2.24, 2.45) is 7.05 Å². The van der Waals surface area contributed by atoms with Gasteiger partial charge in [0.1, 0.15) is 0 Å². The first-order chi connectivity index (χ1) is 9.19. The molecular weight excluding hydrogens is 256 g/mol. The Hall–Kier alpha value is -2.01. The van der Waals surface area contributed by atoms with Crippen LogP contribution in [0.4, 0.5) is 17.2 Å². The molecular formula is C14H16N4S. The van der Waals surface area contributed by atoms with E-state index in [0.29, 0.717) is 0 Å². The number of nitrogens with zero attached hydrogens (tertiary/aromatic N) is 2. The molecule has 0 radical (unpaired) electrons. The molecule has 3 N–H and O–H groups in total. The lowest BCUT2D eigenvalue weighted by Gasteiger charge is -2.07. The van der Waals surface area contributed by atoms with Crippen molar-refractivity contribution in [3.05, 3.63) is 35.3 Å². The predicted molar refractivity (Wildman–Crippen MR) is 82.1 cm³/mol. The van der Waals surface area contributed by atoms with E-state index in [1.54, 1.807) is 16.0 Å². The summed E-state index contributed by atoms with van der Waals surface area (Å²) in [6.45, 7) is 2.06. The molecule has 3 rings (SSSR count). The van der Waals surface area contributed by atoms with E-state index in [1.807, 2.05) is 7.05 Å². The predicted octanol–water partition coefficient (Wildman–Crippen LogP) is 3.52. The third kappa shape index (κ3) is 2.06. The second-order valence-electron chi connectivity index (χ2n) is 4.48. The number of hydrogen-bond acceptors (Lipinski definition) is 4. The molecule has 0 unspecified atom stereocenters. The topological polar surface area (TPSA) is 55.9 Å². The van der Waals surface area contributed by atoms with Crippen molar-refractivity contribution in [1.82, 2.24) is 9.78 Å². The lowest BCUT2D eigenvalue weighted by atomic mass is 10.2. The van der Waals surface area contributed by atoms with Gasteiger partial charge in [0.05, 0.1) is 11.4 Å². The number of anilines is 3. The minimum Gasteiger partial charge on any atom is -0.394 e. The van der Waals surface area contributed by atoms with Crippen molar-refractivity contribution in [1.29, 1.82) is 0 Å². The van der Waals surface area contributed by atoms with Gasteiger partial charge in [-0.15, -0.1) is 11.3 Å². The summed E-state index contributed by atoms with van der Waals surface area (Å²) >= 11 is 1.75. The van der Waals surface area contributed by atoms with E-state index in [-0.39, 0.29) is 0 Å². The fourth-order valence-corrected chi connectivity index (χ4v) is 2.96. The van der Waals surface area contributed by atoms with Crippen LogP contribution in [0.1, 0.15) is 12.6 Å². The SMILES string of the molecule is CCc1nn(C)c(Nc2ccc3sccc3c2)c1N. The normalized spacial score (nSPS) is 11.1. The van der Waals surface area contributed by atoms with Crippen LogP contribution in [0.25, 0.3) is 10.1 Å². The molecule has 0 aliphatic carbocycles. The smallest absolute Gasteiger partial charge is 0.152 e. The lowest BCUT2D eigenvalue weighted by Crippen LogP contribution is -2.01. The van der Waals surface area contributed by atoms with E-state index >= 15 is 0 Å². The molecule has 0 bridgehead atoms. The fourth-order valence-electron chi connectivity index (χ4n) is 2.19. The van der Waals surface area contributed by atoms with Gasteiger partial charge in [-0.1, -0.05) is 6.92 Å². The van der Waals surface area contributed by atoms with Crippen LogP contribution in [-0.2, 0) is 13.5 Å². The van der Waals surface area contributed by atoms with E-state index < -0.39 is 0 Å². The van der Waals surface area contributed by atoms with Crippen LogP contribution in [0.15, 0.2) is 29.6 Å². The Bertz CT molecular complexity index is 726. The Labute approximate surface area is 115 Å². The van der Waals surface area contributed by atoms with Crippen LogP contribution in [-0.4, -0.2) is 9.78 Å². The Morgan fingerprint density at radius 3 is 2.95 bits per heavy atom. The summed E-state index contributed by atoms with van der Waals surface area (Å²) in [6, 6.07) is 8.44. The van der Waals surface area contributed by atoms with Gasteiger partial charge in [0.2, 0.25) is 0 Å². The fraction of sp³-hybridized carbons (Fsp3) is 0.214. The monoisotopic (exact) mass is 272 g/mol. The van der Waals surface area contributed by atoms with Crippen LogP contribution in [0.5, 0.6) is 0 Å². The van der Waals surface area contributed by atoms with Gasteiger partial charge in [-0.25, -0.2) is 0 Å². The summed E-state index contributed by atoms with van der Waals surface area (Å²) in [5.74, 6) is 0.853. The highest BCUT2D eigenvalue weighted by atomic mass is 32.1. The lowest BCUT2D eigenvalue weighted by molar-refractivity contribution is 0.753. The highest BCUT2D eigenvalue weighted by Crippen LogP contribution is 2.29. The van der Waals surface area contributed by atoms with E-state index in [0.717, 1.165) is 29.3 Å². The molecule has 2 aromatic heterocycles. The number of nitrogen functional groups attached to an aromatic ring is 1. The molecule has 4 nitrogen and oxygen atoms in total. The maximum absolute atomic E-state index is 6.11. The van der Waals surface area contributed by atoms with Gasteiger partial charge in [0, 0.05) is 17.4 Å². The molecule has 0 aliphatic rings. The Kier molecular flexibility index (Phi) is 2.91. The van der Waals surface area contributed by atoms with Crippen molar-refractivity contribution in [2.75, 3.05) is 11.1 Å². The second-order valence-corrected chi connectivity index (χ2v) is 5.43. The first-order valence-electron chi connectivity index (χ1n) is 6.24. The van der Waals surface area contributed by atoms with Crippen molar-refractivity contribution in [2.45, 2.75) is 13.3 Å². The van der Waals surface area contributed by atoms with Crippen molar-refractivity contribution < 1.29 is 0 Å². The van der Waals surface area contributed by atoms with Gasteiger partial charge < -0.3 is 11.1 Å². The molecule has 5 heteroatoms. The molecule has 0 saturated heterocycles.